The predicted octanol–water partition coefficient (Wildman–Crippen LogP) is 3.11. The molecule has 2 aromatic rings. The number of sulfonamides is 1. The molecule has 0 saturated carbocycles. The SMILES string of the molecule is Cc1cc(NC(=O)c2c(F)c(S(=O)(=O)N[C@H](C)C(F)(F)F)cn2C)cc(Br)n1. The molecule has 1 atom stereocenters. The summed E-state index contributed by atoms with van der Waals surface area (Å²) in [4.78, 5) is 15.4. The van der Waals surface area contributed by atoms with Gasteiger partial charge in [0.15, 0.2) is 5.82 Å². The van der Waals surface area contributed by atoms with Crippen molar-refractivity contribution in [1.82, 2.24) is 14.3 Å². The largest absolute Gasteiger partial charge is 0.404 e. The number of nitrogens with one attached hydrogen (secondary N) is 2. The summed E-state index contributed by atoms with van der Waals surface area (Å²) in [5.74, 6) is -2.45. The summed E-state index contributed by atoms with van der Waals surface area (Å²) in [7, 11) is -3.67. The van der Waals surface area contributed by atoms with E-state index in [0.29, 0.717) is 17.2 Å². The Bertz CT molecular complexity index is 1000. The maximum Gasteiger partial charge on any atom is 0.404 e. The molecule has 7 nitrogen and oxygen atoms in total. The second-order valence-corrected chi connectivity index (χ2v) is 8.42. The Morgan fingerprint density at radius 2 is 1.93 bits per heavy atom. The third-order valence-electron chi connectivity index (χ3n) is 3.60. The van der Waals surface area contributed by atoms with Crippen LogP contribution in [0.1, 0.15) is 23.1 Å². The Hall–Kier alpha value is -1.99. The summed E-state index contributed by atoms with van der Waals surface area (Å²) in [5, 5.41) is 2.39. The van der Waals surface area contributed by atoms with Crippen molar-refractivity contribution < 1.29 is 30.8 Å². The maximum absolute atomic E-state index is 14.6. The molecule has 154 valence electrons. The van der Waals surface area contributed by atoms with Crippen LogP contribution in [-0.2, 0) is 17.1 Å². The zero-order chi connectivity index (χ0) is 21.4. The molecular formula is C15H15BrF4N4O3S. The van der Waals surface area contributed by atoms with Gasteiger partial charge in [-0.3, -0.25) is 4.79 Å². The lowest BCUT2D eigenvalue weighted by Gasteiger charge is -2.16. The average molecular weight is 487 g/mol. The number of alkyl halides is 3. The molecular weight excluding hydrogens is 472 g/mol. The molecule has 28 heavy (non-hydrogen) atoms. The van der Waals surface area contributed by atoms with E-state index in [2.05, 4.69) is 26.2 Å². The van der Waals surface area contributed by atoms with Crippen molar-refractivity contribution in [3.63, 3.8) is 0 Å². The number of amides is 1. The first-order chi connectivity index (χ1) is 12.7. The normalized spacial score (nSPS) is 13.4. The van der Waals surface area contributed by atoms with Gasteiger partial charge in [0.05, 0.1) is 0 Å². The Morgan fingerprint density at radius 3 is 2.46 bits per heavy atom. The number of anilines is 1. The number of rotatable bonds is 5. The third-order valence-corrected chi connectivity index (χ3v) is 5.53. The Morgan fingerprint density at radius 1 is 1.32 bits per heavy atom. The van der Waals surface area contributed by atoms with Crippen LogP contribution in [0.4, 0.5) is 23.2 Å². The summed E-state index contributed by atoms with van der Waals surface area (Å²) >= 11 is 3.14. The lowest BCUT2D eigenvalue weighted by molar-refractivity contribution is -0.147. The van der Waals surface area contributed by atoms with Gasteiger partial charge in [0.1, 0.15) is 21.2 Å². The highest BCUT2D eigenvalue weighted by Crippen LogP contribution is 2.25. The highest BCUT2D eigenvalue weighted by molar-refractivity contribution is 9.10. The number of halogens is 5. The van der Waals surface area contributed by atoms with Crippen LogP contribution < -0.4 is 10.0 Å². The van der Waals surface area contributed by atoms with E-state index in [9.17, 15) is 30.8 Å². The van der Waals surface area contributed by atoms with Gasteiger partial charge in [0, 0.05) is 24.6 Å². The number of carbonyl (C=O) groups excluding carboxylic acids is 1. The fraction of sp³-hybridized carbons (Fsp3) is 0.333. The average Bonchev–Trinajstić information content (AvgIpc) is 2.80. The van der Waals surface area contributed by atoms with E-state index in [-0.39, 0.29) is 5.69 Å². The summed E-state index contributed by atoms with van der Waals surface area (Å²) in [6, 6.07) is 0.496. The fourth-order valence-electron chi connectivity index (χ4n) is 2.27. The molecule has 2 heterocycles. The fourth-order valence-corrected chi connectivity index (χ4v) is 4.15. The molecule has 0 aliphatic carbocycles. The highest BCUT2D eigenvalue weighted by Gasteiger charge is 2.40. The third kappa shape index (κ3) is 4.89. The van der Waals surface area contributed by atoms with Crippen molar-refractivity contribution in [3.8, 4) is 0 Å². The number of hydrogen-bond donors (Lipinski definition) is 2. The maximum atomic E-state index is 14.6. The van der Waals surface area contributed by atoms with Gasteiger partial charge in [0.25, 0.3) is 5.91 Å². The van der Waals surface area contributed by atoms with Gasteiger partial charge in [-0.1, -0.05) is 0 Å². The smallest absolute Gasteiger partial charge is 0.343 e. The second kappa shape index (κ2) is 7.79. The van der Waals surface area contributed by atoms with E-state index in [1.54, 1.807) is 6.92 Å². The first kappa shape index (κ1) is 22.3. The zero-order valence-electron chi connectivity index (χ0n) is 14.7. The quantitative estimate of drug-likeness (QED) is 0.501. The van der Waals surface area contributed by atoms with Gasteiger partial charge in [0.2, 0.25) is 10.0 Å². The number of nitrogens with zero attached hydrogens (tertiary/aromatic N) is 2. The summed E-state index contributed by atoms with van der Waals surface area (Å²) in [6.07, 6.45) is -4.13. The van der Waals surface area contributed by atoms with E-state index in [0.717, 1.165) is 10.8 Å². The molecule has 0 unspecified atom stereocenters. The van der Waals surface area contributed by atoms with E-state index in [1.165, 1.54) is 23.9 Å². The van der Waals surface area contributed by atoms with E-state index in [1.807, 2.05) is 0 Å². The molecule has 2 aromatic heterocycles. The minimum absolute atomic E-state index is 0.262. The van der Waals surface area contributed by atoms with Gasteiger partial charge >= 0.3 is 6.18 Å². The van der Waals surface area contributed by atoms with Gasteiger partial charge in [-0.2, -0.15) is 17.9 Å². The van der Waals surface area contributed by atoms with Crippen molar-refractivity contribution in [3.05, 3.63) is 40.1 Å². The van der Waals surface area contributed by atoms with Crippen molar-refractivity contribution in [2.75, 3.05) is 5.32 Å². The Kier molecular flexibility index (Phi) is 6.21. The topological polar surface area (TPSA) is 93.1 Å². The number of carbonyl (C=O) groups is 1. The highest BCUT2D eigenvalue weighted by atomic mass is 79.9. The van der Waals surface area contributed by atoms with Crippen LogP contribution in [-0.4, -0.2) is 36.1 Å². The Balaban J connectivity index is 2.36. The molecule has 2 rings (SSSR count). The number of aryl methyl sites for hydroxylation is 2. The van der Waals surface area contributed by atoms with E-state index in [4.69, 9.17) is 0 Å². The van der Waals surface area contributed by atoms with Gasteiger partial charge in [-0.15, -0.1) is 0 Å². The van der Waals surface area contributed by atoms with Crippen LogP contribution in [0.15, 0.2) is 27.8 Å². The minimum atomic E-state index is -4.86. The molecule has 1 amide bonds. The van der Waals surface area contributed by atoms with E-state index >= 15 is 0 Å². The van der Waals surface area contributed by atoms with Crippen molar-refractivity contribution in [1.29, 1.82) is 0 Å². The number of pyridine rings is 1. The molecule has 0 aliphatic heterocycles. The molecule has 0 bridgehead atoms. The monoisotopic (exact) mass is 486 g/mol. The van der Waals surface area contributed by atoms with Gasteiger partial charge in [-0.25, -0.2) is 17.8 Å². The van der Waals surface area contributed by atoms with Crippen LogP contribution in [0.5, 0.6) is 0 Å². The van der Waals surface area contributed by atoms with Crippen molar-refractivity contribution >= 4 is 37.5 Å². The van der Waals surface area contributed by atoms with Crippen LogP contribution >= 0.6 is 15.9 Å². The molecule has 0 aliphatic rings. The molecule has 13 heteroatoms. The lowest BCUT2D eigenvalue weighted by Crippen LogP contribution is -2.43. The summed E-state index contributed by atoms with van der Waals surface area (Å²) in [5.41, 5.74) is 0.148. The van der Waals surface area contributed by atoms with Crippen molar-refractivity contribution in [2.45, 2.75) is 31.0 Å². The molecule has 0 fully saturated rings. The Labute approximate surface area is 166 Å². The first-order valence-electron chi connectivity index (χ1n) is 7.61. The van der Waals surface area contributed by atoms with Crippen LogP contribution in [0.2, 0.25) is 0 Å². The summed E-state index contributed by atoms with van der Waals surface area (Å²) in [6.45, 7) is 2.23. The molecule has 2 N–H and O–H groups in total. The molecule has 0 saturated heterocycles. The standard InChI is InChI=1S/C15H15BrF4N4O3S/c1-7-4-9(5-11(16)21-7)22-14(25)13-12(17)10(6-24(13)3)28(26,27)23-8(2)15(18,19)20/h4-6,8,23H,1-3H3,(H,21,22,25)/t8-/m1/s1. The predicted molar refractivity (Wildman–Crippen MR) is 95.8 cm³/mol. The van der Waals surface area contributed by atoms with Crippen LogP contribution in [0, 0.1) is 12.7 Å². The molecule has 0 spiro atoms. The van der Waals surface area contributed by atoms with Crippen molar-refractivity contribution in [2.24, 2.45) is 7.05 Å². The molecule has 0 aromatic carbocycles. The van der Waals surface area contributed by atoms with Crippen LogP contribution in [0.3, 0.4) is 0 Å². The number of aromatic nitrogens is 2. The lowest BCUT2D eigenvalue weighted by atomic mass is 10.3. The molecule has 0 radical (unpaired) electrons. The zero-order valence-corrected chi connectivity index (χ0v) is 17.1. The van der Waals surface area contributed by atoms with Gasteiger partial charge in [-0.05, 0) is 41.9 Å². The second-order valence-electron chi connectivity index (χ2n) is 5.93. The first-order valence-corrected chi connectivity index (χ1v) is 9.89. The summed E-state index contributed by atoms with van der Waals surface area (Å²) < 4.78 is 79.4. The van der Waals surface area contributed by atoms with E-state index < -0.39 is 44.6 Å². The van der Waals surface area contributed by atoms with Gasteiger partial charge < -0.3 is 9.88 Å². The minimum Gasteiger partial charge on any atom is -0.343 e. The van der Waals surface area contributed by atoms with Crippen LogP contribution in [0.25, 0.3) is 0 Å². The number of hydrogen-bond acceptors (Lipinski definition) is 4.